The van der Waals surface area contributed by atoms with Crippen molar-refractivity contribution in [2.45, 2.75) is 0 Å². The van der Waals surface area contributed by atoms with Crippen molar-refractivity contribution in [3.63, 3.8) is 0 Å². The zero-order valence-electron chi connectivity index (χ0n) is 20.0. The van der Waals surface area contributed by atoms with Crippen LogP contribution in [0.1, 0.15) is 11.1 Å². The van der Waals surface area contributed by atoms with Gasteiger partial charge in [0.25, 0.3) is 0 Å². The molecule has 0 aliphatic carbocycles. The number of benzene rings is 3. The Hall–Kier alpha value is -4.02. The largest absolute Gasteiger partial charge is 0.493 e. The summed E-state index contributed by atoms with van der Waals surface area (Å²) in [6, 6.07) is 18.3. The Morgan fingerprint density at radius 2 is 1.40 bits per heavy atom. The Kier molecular flexibility index (Phi) is 9.10. The molecule has 182 valence electrons. The van der Waals surface area contributed by atoms with Crippen LogP contribution in [-0.4, -0.2) is 41.7 Å². The Balaban J connectivity index is 1.77. The van der Waals surface area contributed by atoms with E-state index in [1.54, 1.807) is 57.7 Å². The first-order chi connectivity index (χ1) is 17.0. The molecular formula is C27H26ClNO6. The lowest BCUT2D eigenvalue weighted by atomic mass is 10.0. The minimum Gasteiger partial charge on any atom is -0.493 e. The van der Waals surface area contributed by atoms with Crippen molar-refractivity contribution in [1.82, 2.24) is 0 Å². The van der Waals surface area contributed by atoms with Crippen LogP contribution in [0.15, 0.2) is 54.6 Å². The van der Waals surface area contributed by atoms with Crippen LogP contribution >= 0.6 is 11.6 Å². The van der Waals surface area contributed by atoms with Crippen molar-refractivity contribution < 1.29 is 28.4 Å². The van der Waals surface area contributed by atoms with Crippen LogP contribution in [0.25, 0.3) is 11.6 Å². The molecule has 0 atom stereocenters. The highest BCUT2D eigenvalue weighted by Gasteiger charge is 2.14. The van der Waals surface area contributed by atoms with Crippen molar-refractivity contribution in [2.24, 2.45) is 0 Å². The average Bonchev–Trinajstić information content (AvgIpc) is 2.90. The third-order valence-electron chi connectivity index (χ3n) is 5.03. The summed E-state index contributed by atoms with van der Waals surface area (Å²) in [5.74, 6) is 3.19. The number of rotatable bonds is 11. The topological polar surface area (TPSA) is 79.2 Å². The molecule has 0 saturated heterocycles. The van der Waals surface area contributed by atoms with Crippen LogP contribution in [0, 0.1) is 11.3 Å². The summed E-state index contributed by atoms with van der Waals surface area (Å²) < 4.78 is 33.0. The second kappa shape index (κ2) is 12.4. The number of allylic oxidation sites excluding steroid dienone is 1. The first-order valence-electron chi connectivity index (χ1n) is 10.6. The first kappa shape index (κ1) is 25.6. The number of ether oxygens (including phenoxy) is 6. The molecule has 0 spiro atoms. The van der Waals surface area contributed by atoms with E-state index in [1.807, 2.05) is 24.3 Å². The molecule has 0 heterocycles. The normalized spacial score (nSPS) is 10.8. The molecule has 3 aromatic rings. The van der Waals surface area contributed by atoms with Crippen molar-refractivity contribution in [2.75, 3.05) is 41.7 Å². The molecular weight excluding hydrogens is 470 g/mol. The van der Waals surface area contributed by atoms with Crippen LogP contribution in [0.5, 0.6) is 34.5 Å². The minimum atomic E-state index is 0.235. The highest BCUT2D eigenvalue weighted by atomic mass is 35.5. The van der Waals surface area contributed by atoms with Gasteiger partial charge in [-0.3, -0.25) is 0 Å². The molecule has 0 N–H and O–H groups in total. The van der Waals surface area contributed by atoms with E-state index in [9.17, 15) is 5.26 Å². The Bertz CT molecular complexity index is 1230. The second-order valence-electron chi connectivity index (χ2n) is 7.12. The lowest BCUT2D eigenvalue weighted by Crippen LogP contribution is -2.10. The van der Waals surface area contributed by atoms with Gasteiger partial charge in [0.2, 0.25) is 0 Å². The first-order valence-corrected chi connectivity index (χ1v) is 11.0. The fraction of sp³-hybridized carbons (Fsp3) is 0.222. The van der Waals surface area contributed by atoms with Crippen LogP contribution in [0.3, 0.4) is 0 Å². The van der Waals surface area contributed by atoms with Crippen molar-refractivity contribution in [3.8, 4) is 40.6 Å². The molecule has 0 amide bonds. The fourth-order valence-electron chi connectivity index (χ4n) is 3.35. The summed E-state index contributed by atoms with van der Waals surface area (Å²) in [6.45, 7) is 0.512. The monoisotopic (exact) mass is 495 g/mol. The lowest BCUT2D eigenvalue weighted by molar-refractivity contribution is 0.206. The molecule has 3 rings (SSSR count). The summed E-state index contributed by atoms with van der Waals surface area (Å²) in [5, 5.41) is 10.1. The van der Waals surface area contributed by atoms with Crippen LogP contribution in [0.4, 0.5) is 0 Å². The number of para-hydroxylation sites is 2. The highest BCUT2D eigenvalue weighted by Crippen LogP contribution is 2.38. The summed E-state index contributed by atoms with van der Waals surface area (Å²) in [4.78, 5) is 0. The average molecular weight is 496 g/mol. The second-order valence-corrected chi connectivity index (χ2v) is 7.53. The van der Waals surface area contributed by atoms with Gasteiger partial charge in [-0.15, -0.1) is 0 Å². The smallest absolute Gasteiger partial charge is 0.179 e. The molecule has 0 radical (unpaired) electrons. The predicted octanol–water partition coefficient (Wildman–Crippen LogP) is 5.90. The summed E-state index contributed by atoms with van der Waals surface area (Å²) in [5.41, 5.74) is 1.77. The maximum atomic E-state index is 9.75. The maximum Gasteiger partial charge on any atom is 0.179 e. The fourth-order valence-corrected chi connectivity index (χ4v) is 3.62. The van der Waals surface area contributed by atoms with Crippen molar-refractivity contribution in [3.05, 3.63) is 70.7 Å². The molecule has 0 aromatic heterocycles. The quantitative estimate of drug-likeness (QED) is 0.186. The third-order valence-corrected chi connectivity index (χ3v) is 5.31. The van der Waals surface area contributed by atoms with E-state index in [2.05, 4.69) is 6.07 Å². The van der Waals surface area contributed by atoms with Crippen LogP contribution < -0.4 is 28.4 Å². The molecule has 0 unspecified atom stereocenters. The van der Waals surface area contributed by atoms with Gasteiger partial charge >= 0.3 is 0 Å². The van der Waals surface area contributed by atoms with Crippen LogP contribution in [0.2, 0.25) is 5.02 Å². The van der Waals surface area contributed by atoms with Gasteiger partial charge in [-0.1, -0.05) is 23.7 Å². The highest BCUT2D eigenvalue weighted by molar-refractivity contribution is 6.32. The van der Waals surface area contributed by atoms with Gasteiger partial charge in [-0.2, -0.15) is 5.26 Å². The molecule has 35 heavy (non-hydrogen) atoms. The zero-order valence-corrected chi connectivity index (χ0v) is 20.7. The number of methoxy groups -OCH3 is 4. The molecule has 8 heteroatoms. The van der Waals surface area contributed by atoms with E-state index in [1.165, 1.54) is 7.11 Å². The standard InChI is InChI=1S/C27H26ClNO6/c1-30-22-7-5-6-8-24(22)34-11-12-35-27-21(28)14-18(15-26(27)33-4)13-20(17-29)19-9-10-23(31-2)25(16-19)32-3/h5-10,13-16H,11-12H2,1-4H3. The van der Waals surface area contributed by atoms with E-state index in [0.717, 1.165) is 0 Å². The van der Waals surface area contributed by atoms with Gasteiger partial charge in [-0.25, -0.2) is 0 Å². The summed E-state index contributed by atoms with van der Waals surface area (Å²) in [7, 11) is 6.21. The molecule has 3 aromatic carbocycles. The molecule has 0 bridgehead atoms. The molecule has 0 saturated carbocycles. The van der Waals surface area contributed by atoms with Gasteiger partial charge in [0.1, 0.15) is 13.2 Å². The van der Waals surface area contributed by atoms with E-state index in [0.29, 0.717) is 56.2 Å². The Labute approximate surface area is 210 Å². The number of nitrogens with zero attached hydrogens (tertiary/aromatic N) is 1. The number of halogens is 1. The van der Waals surface area contributed by atoms with Gasteiger partial charge in [0.15, 0.2) is 34.5 Å². The zero-order chi connectivity index (χ0) is 25.2. The molecule has 0 aliphatic rings. The lowest BCUT2D eigenvalue weighted by Gasteiger charge is -2.15. The molecule has 0 aliphatic heterocycles. The van der Waals surface area contributed by atoms with Gasteiger partial charge in [0, 0.05) is 0 Å². The van der Waals surface area contributed by atoms with E-state index in [4.69, 9.17) is 40.0 Å². The van der Waals surface area contributed by atoms with E-state index >= 15 is 0 Å². The maximum absolute atomic E-state index is 9.75. The van der Waals surface area contributed by atoms with Crippen LogP contribution in [-0.2, 0) is 0 Å². The number of hydrogen-bond donors (Lipinski definition) is 0. The number of hydrogen-bond acceptors (Lipinski definition) is 7. The van der Waals surface area contributed by atoms with Gasteiger partial charge in [-0.05, 0) is 59.7 Å². The summed E-state index contributed by atoms with van der Waals surface area (Å²) in [6.07, 6.45) is 1.71. The van der Waals surface area contributed by atoms with E-state index < -0.39 is 0 Å². The summed E-state index contributed by atoms with van der Waals surface area (Å²) >= 11 is 6.50. The van der Waals surface area contributed by atoms with Gasteiger partial charge < -0.3 is 28.4 Å². The Morgan fingerprint density at radius 1 is 0.771 bits per heavy atom. The number of nitriles is 1. The van der Waals surface area contributed by atoms with Crippen molar-refractivity contribution >= 4 is 23.3 Å². The molecule has 7 nitrogen and oxygen atoms in total. The third kappa shape index (κ3) is 6.31. The predicted molar refractivity (Wildman–Crippen MR) is 135 cm³/mol. The molecule has 0 fully saturated rings. The van der Waals surface area contributed by atoms with Crippen molar-refractivity contribution in [1.29, 1.82) is 5.26 Å². The SMILES string of the molecule is COc1ccc(C(C#N)=Cc2cc(Cl)c(OCCOc3ccccc3OC)c(OC)c2)cc1OC. The van der Waals surface area contributed by atoms with E-state index in [-0.39, 0.29) is 13.2 Å². The Morgan fingerprint density at radius 3 is 2.06 bits per heavy atom. The van der Waals surface area contributed by atoms with Gasteiger partial charge in [0.05, 0.1) is 45.1 Å². The minimum absolute atomic E-state index is 0.235.